The van der Waals surface area contributed by atoms with Crippen LogP contribution in [0.3, 0.4) is 0 Å². The lowest BCUT2D eigenvalue weighted by Gasteiger charge is -2.29. The number of nitrogens with zero attached hydrogens (tertiary/aromatic N) is 1. The summed E-state index contributed by atoms with van der Waals surface area (Å²) in [6.07, 6.45) is 2.30. The summed E-state index contributed by atoms with van der Waals surface area (Å²) in [4.78, 5) is 14.4. The fourth-order valence-electron chi connectivity index (χ4n) is 2.60. The Morgan fingerprint density at radius 1 is 1.55 bits per heavy atom. The van der Waals surface area contributed by atoms with Crippen molar-refractivity contribution in [3.63, 3.8) is 0 Å². The summed E-state index contributed by atoms with van der Waals surface area (Å²) in [5, 5.41) is 12.7. The molecule has 0 radical (unpaired) electrons. The Kier molecular flexibility index (Phi) is 4.84. The minimum absolute atomic E-state index is 0.0240. The van der Waals surface area contributed by atoms with E-state index >= 15 is 0 Å². The van der Waals surface area contributed by atoms with E-state index in [0.717, 1.165) is 19.5 Å². The van der Waals surface area contributed by atoms with Gasteiger partial charge in [-0.25, -0.2) is 0 Å². The lowest BCUT2D eigenvalue weighted by Crippen LogP contribution is -2.39. The number of carbonyl (C=O) groups is 1. The van der Waals surface area contributed by atoms with Crippen molar-refractivity contribution in [1.82, 2.24) is 10.2 Å². The van der Waals surface area contributed by atoms with Crippen LogP contribution in [0.4, 0.5) is 0 Å². The third-order valence-corrected chi connectivity index (χ3v) is 3.72. The highest BCUT2D eigenvalue weighted by molar-refractivity contribution is 5.97. The van der Waals surface area contributed by atoms with Crippen molar-refractivity contribution in [3.05, 3.63) is 23.8 Å². The summed E-state index contributed by atoms with van der Waals surface area (Å²) in [7, 11) is 3.63. The van der Waals surface area contributed by atoms with Crippen LogP contribution in [0.25, 0.3) is 0 Å². The van der Waals surface area contributed by atoms with E-state index in [1.54, 1.807) is 12.1 Å². The van der Waals surface area contributed by atoms with E-state index < -0.39 is 0 Å². The number of hydrogen-bond donors (Lipinski definition) is 2. The van der Waals surface area contributed by atoms with Crippen LogP contribution >= 0.6 is 0 Å². The topological polar surface area (TPSA) is 61.8 Å². The maximum Gasteiger partial charge on any atom is 0.255 e. The first-order chi connectivity index (χ1) is 9.60. The van der Waals surface area contributed by atoms with Crippen molar-refractivity contribution in [2.24, 2.45) is 5.92 Å². The number of phenols is 1. The first-order valence-corrected chi connectivity index (χ1v) is 6.94. The molecule has 1 aromatic rings. The van der Waals surface area contributed by atoms with Crippen molar-refractivity contribution in [1.29, 1.82) is 0 Å². The Morgan fingerprint density at radius 2 is 2.35 bits per heavy atom. The van der Waals surface area contributed by atoms with Gasteiger partial charge in [-0.2, -0.15) is 0 Å². The molecule has 110 valence electrons. The predicted molar refractivity (Wildman–Crippen MR) is 77.2 cm³/mol. The average Bonchev–Trinajstić information content (AvgIpc) is 2.45. The lowest BCUT2D eigenvalue weighted by molar-refractivity contribution is 0.0934. The number of ether oxygens (including phenoxy) is 1. The highest BCUT2D eigenvalue weighted by Gasteiger charge is 2.19. The third-order valence-electron chi connectivity index (χ3n) is 3.72. The van der Waals surface area contributed by atoms with E-state index in [2.05, 4.69) is 17.3 Å². The van der Waals surface area contributed by atoms with Gasteiger partial charge in [0.2, 0.25) is 0 Å². The van der Waals surface area contributed by atoms with Crippen LogP contribution in [0.1, 0.15) is 23.2 Å². The number of piperidine rings is 1. The second-order valence-corrected chi connectivity index (χ2v) is 5.36. The van der Waals surface area contributed by atoms with E-state index in [1.165, 1.54) is 19.6 Å². The van der Waals surface area contributed by atoms with Gasteiger partial charge in [0.25, 0.3) is 5.91 Å². The zero-order valence-electron chi connectivity index (χ0n) is 12.1. The highest BCUT2D eigenvalue weighted by atomic mass is 16.5. The van der Waals surface area contributed by atoms with Crippen molar-refractivity contribution in [3.8, 4) is 11.5 Å². The number of phenolic OH excluding ortho intramolecular Hbond substituents is 1. The monoisotopic (exact) mass is 278 g/mol. The van der Waals surface area contributed by atoms with Crippen molar-refractivity contribution < 1.29 is 14.6 Å². The van der Waals surface area contributed by atoms with Crippen LogP contribution in [0, 0.1) is 5.92 Å². The van der Waals surface area contributed by atoms with E-state index in [1.807, 2.05) is 0 Å². The van der Waals surface area contributed by atoms with Gasteiger partial charge < -0.3 is 20.1 Å². The van der Waals surface area contributed by atoms with E-state index in [9.17, 15) is 9.90 Å². The highest BCUT2D eigenvalue weighted by Crippen LogP contribution is 2.23. The number of carbonyl (C=O) groups excluding carboxylic acids is 1. The molecule has 1 unspecified atom stereocenters. The minimum Gasteiger partial charge on any atom is -0.507 e. The average molecular weight is 278 g/mol. The molecule has 1 amide bonds. The summed E-state index contributed by atoms with van der Waals surface area (Å²) in [6.45, 7) is 2.77. The van der Waals surface area contributed by atoms with Crippen LogP contribution in [0.5, 0.6) is 11.5 Å². The Hall–Kier alpha value is -1.75. The molecule has 2 N–H and O–H groups in total. The van der Waals surface area contributed by atoms with Gasteiger partial charge in [-0.1, -0.05) is 0 Å². The molecule has 0 bridgehead atoms. The molecule has 5 heteroatoms. The van der Waals surface area contributed by atoms with Crippen molar-refractivity contribution in [2.45, 2.75) is 12.8 Å². The molecule has 0 spiro atoms. The third kappa shape index (κ3) is 3.63. The first kappa shape index (κ1) is 14.7. The van der Waals surface area contributed by atoms with E-state index in [0.29, 0.717) is 18.2 Å². The van der Waals surface area contributed by atoms with Crippen molar-refractivity contribution in [2.75, 3.05) is 33.8 Å². The summed E-state index contributed by atoms with van der Waals surface area (Å²) in [5.74, 6) is 0.759. The van der Waals surface area contributed by atoms with Gasteiger partial charge >= 0.3 is 0 Å². The second kappa shape index (κ2) is 6.61. The number of amides is 1. The van der Waals surface area contributed by atoms with Crippen LogP contribution in [-0.4, -0.2) is 49.7 Å². The summed E-state index contributed by atoms with van der Waals surface area (Å²) in [5.41, 5.74) is 0.258. The summed E-state index contributed by atoms with van der Waals surface area (Å²) >= 11 is 0. The first-order valence-electron chi connectivity index (χ1n) is 6.94. The molecule has 0 aliphatic carbocycles. The van der Waals surface area contributed by atoms with Gasteiger partial charge in [0.1, 0.15) is 11.5 Å². The van der Waals surface area contributed by atoms with Crippen LogP contribution < -0.4 is 10.1 Å². The van der Waals surface area contributed by atoms with Crippen LogP contribution in [0.15, 0.2) is 18.2 Å². The molecular formula is C15H22N2O3. The predicted octanol–water partition coefficient (Wildman–Crippen LogP) is 1.47. The van der Waals surface area contributed by atoms with Gasteiger partial charge in [-0.3, -0.25) is 4.79 Å². The van der Waals surface area contributed by atoms with Gasteiger partial charge in [-0.05, 0) is 50.6 Å². The van der Waals surface area contributed by atoms with Gasteiger partial charge in [0.15, 0.2) is 0 Å². The Labute approximate surface area is 119 Å². The standard InChI is InChI=1S/C15H22N2O3/c1-17-7-3-4-11(10-17)9-16-15(19)13-8-12(20-2)5-6-14(13)18/h5-6,8,11,18H,3-4,7,9-10H2,1-2H3,(H,16,19). The van der Waals surface area contributed by atoms with Gasteiger partial charge in [0.05, 0.1) is 12.7 Å². The Bertz CT molecular complexity index is 476. The molecular weight excluding hydrogens is 256 g/mol. The molecule has 0 aromatic heterocycles. The molecule has 1 saturated heterocycles. The zero-order valence-corrected chi connectivity index (χ0v) is 12.1. The number of rotatable bonds is 4. The van der Waals surface area contributed by atoms with E-state index in [4.69, 9.17) is 4.74 Å². The number of hydrogen-bond acceptors (Lipinski definition) is 4. The smallest absolute Gasteiger partial charge is 0.255 e. The number of likely N-dealkylation sites (tertiary alicyclic amines) is 1. The van der Waals surface area contributed by atoms with Crippen molar-refractivity contribution >= 4 is 5.91 Å². The number of nitrogens with one attached hydrogen (secondary N) is 1. The number of methoxy groups -OCH3 is 1. The normalized spacial score (nSPS) is 19.6. The fraction of sp³-hybridized carbons (Fsp3) is 0.533. The molecule has 1 aliphatic rings. The minimum atomic E-state index is -0.255. The Morgan fingerprint density at radius 3 is 3.05 bits per heavy atom. The fourth-order valence-corrected chi connectivity index (χ4v) is 2.60. The molecule has 1 aromatic carbocycles. The number of aromatic hydroxyl groups is 1. The quantitative estimate of drug-likeness (QED) is 0.875. The number of benzene rings is 1. The maximum absolute atomic E-state index is 12.1. The van der Waals surface area contributed by atoms with Gasteiger partial charge in [0, 0.05) is 13.1 Å². The second-order valence-electron chi connectivity index (χ2n) is 5.36. The van der Waals surface area contributed by atoms with Crippen LogP contribution in [-0.2, 0) is 0 Å². The summed E-state index contributed by atoms with van der Waals surface area (Å²) in [6, 6.07) is 4.65. The zero-order chi connectivity index (χ0) is 14.5. The lowest BCUT2D eigenvalue weighted by atomic mass is 9.98. The molecule has 1 fully saturated rings. The van der Waals surface area contributed by atoms with Gasteiger partial charge in [-0.15, -0.1) is 0 Å². The molecule has 1 atom stereocenters. The van der Waals surface area contributed by atoms with Crippen LogP contribution in [0.2, 0.25) is 0 Å². The summed E-state index contributed by atoms with van der Waals surface area (Å²) < 4.78 is 5.07. The Balaban J connectivity index is 1.94. The molecule has 20 heavy (non-hydrogen) atoms. The SMILES string of the molecule is COc1ccc(O)c(C(=O)NCC2CCCN(C)C2)c1. The largest absolute Gasteiger partial charge is 0.507 e. The molecule has 2 rings (SSSR count). The molecule has 1 heterocycles. The maximum atomic E-state index is 12.1. The molecule has 5 nitrogen and oxygen atoms in total. The molecule has 0 saturated carbocycles. The van der Waals surface area contributed by atoms with E-state index in [-0.39, 0.29) is 17.2 Å². The molecule has 1 aliphatic heterocycles.